The van der Waals surface area contributed by atoms with Gasteiger partial charge in [0.25, 0.3) is 0 Å². The molecule has 0 aromatic carbocycles. The van der Waals surface area contributed by atoms with Crippen LogP contribution in [0.1, 0.15) is 6.92 Å². The van der Waals surface area contributed by atoms with Gasteiger partial charge >= 0.3 is 12.1 Å². The number of rotatable bonds is 0. The van der Waals surface area contributed by atoms with Gasteiger partial charge in [-0.25, -0.2) is 9.59 Å². The maximum Gasteiger partial charge on any atom is 0.331 e. The quantitative estimate of drug-likeness (QED) is 0.519. The topological polar surface area (TPSA) is 78.5 Å². The van der Waals surface area contributed by atoms with Crippen molar-refractivity contribution in [3.05, 3.63) is 0 Å². The molecule has 0 saturated heterocycles. The van der Waals surface area contributed by atoms with Crippen LogP contribution in [0.4, 0.5) is 9.59 Å². The number of urea groups is 2. The SMILES string of the molecule is CNC(=O)NC(=O)N(C)C(C)=O. The molecule has 0 aliphatic carbocycles. The summed E-state index contributed by atoms with van der Waals surface area (Å²) in [7, 11) is 2.65. The van der Waals surface area contributed by atoms with Gasteiger partial charge in [0.15, 0.2) is 0 Å². The third kappa shape index (κ3) is 3.00. The second kappa shape index (κ2) is 4.32. The number of carbonyl (C=O) groups excluding carboxylic acids is 3. The molecule has 0 unspecified atom stereocenters. The Labute approximate surface area is 69.9 Å². The first-order valence-corrected chi connectivity index (χ1v) is 3.26. The molecule has 0 aromatic rings. The molecular weight excluding hydrogens is 162 g/mol. The van der Waals surface area contributed by atoms with Crippen molar-refractivity contribution >= 4 is 18.0 Å². The van der Waals surface area contributed by atoms with Gasteiger partial charge in [-0.05, 0) is 0 Å². The van der Waals surface area contributed by atoms with E-state index in [1.54, 1.807) is 0 Å². The van der Waals surface area contributed by atoms with Crippen LogP contribution in [-0.4, -0.2) is 37.0 Å². The average Bonchev–Trinajstić information content (AvgIpc) is 2.02. The van der Waals surface area contributed by atoms with Gasteiger partial charge in [0.2, 0.25) is 5.91 Å². The summed E-state index contributed by atoms with van der Waals surface area (Å²) >= 11 is 0. The molecule has 0 bridgehead atoms. The van der Waals surface area contributed by atoms with Crippen LogP contribution in [0.25, 0.3) is 0 Å². The molecule has 12 heavy (non-hydrogen) atoms. The van der Waals surface area contributed by atoms with Gasteiger partial charge in [0, 0.05) is 21.0 Å². The van der Waals surface area contributed by atoms with Crippen molar-refractivity contribution in [2.45, 2.75) is 6.92 Å². The largest absolute Gasteiger partial charge is 0.341 e. The molecule has 0 heterocycles. The standard InChI is InChI=1S/C6H11N3O3/c1-4(10)9(3)6(12)8-5(11)7-2/h1-3H3,(H2,7,8,11,12). The van der Waals surface area contributed by atoms with Crippen LogP contribution < -0.4 is 10.6 Å². The first kappa shape index (κ1) is 10.4. The molecule has 0 aliphatic rings. The Balaban J connectivity index is 4.04. The zero-order chi connectivity index (χ0) is 9.72. The Morgan fingerprint density at radius 2 is 1.75 bits per heavy atom. The lowest BCUT2D eigenvalue weighted by Gasteiger charge is -2.12. The smallest absolute Gasteiger partial charge is 0.331 e. The molecule has 6 heteroatoms. The summed E-state index contributed by atoms with van der Waals surface area (Å²) in [4.78, 5) is 32.8. The van der Waals surface area contributed by atoms with Crippen LogP contribution in [0, 0.1) is 0 Å². The van der Waals surface area contributed by atoms with Gasteiger partial charge < -0.3 is 5.32 Å². The molecule has 0 aliphatic heterocycles. The second-order valence-electron chi connectivity index (χ2n) is 2.09. The van der Waals surface area contributed by atoms with Crippen molar-refractivity contribution in [3.63, 3.8) is 0 Å². The molecule has 0 atom stereocenters. The van der Waals surface area contributed by atoms with Crippen molar-refractivity contribution in [1.29, 1.82) is 0 Å². The lowest BCUT2D eigenvalue weighted by atomic mass is 10.6. The van der Waals surface area contributed by atoms with Gasteiger partial charge in [-0.2, -0.15) is 0 Å². The average molecular weight is 173 g/mol. The maximum atomic E-state index is 10.9. The minimum absolute atomic E-state index is 0.434. The number of nitrogens with zero attached hydrogens (tertiary/aromatic N) is 1. The fourth-order valence-electron chi connectivity index (χ4n) is 0.386. The Morgan fingerprint density at radius 1 is 1.25 bits per heavy atom. The first-order valence-electron chi connectivity index (χ1n) is 3.26. The first-order chi connectivity index (χ1) is 5.49. The summed E-state index contributed by atoms with van der Waals surface area (Å²) in [5, 5.41) is 4.11. The third-order valence-corrected chi connectivity index (χ3v) is 1.22. The van der Waals surface area contributed by atoms with Crippen molar-refractivity contribution in [1.82, 2.24) is 15.5 Å². The minimum Gasteiger partial charge on any atom is -0.341 e. The third-order valence-electron chi connectivity index (χ3n) is 1.22. The Hall–Kier alpha value is -1.59. The highest BCUT2D eigenvalue weighted by Crippen LogP contribution is 1.83. The fraction of sp³-hybridized carbons (Fsp3) is 0.500. The zero-order valence-electron chi connectivity index (χ0n) is 7.17. The number of amides is 5. The van der Waals surface area contributed by atoms with E-state index in [0.717, 1.165) is 4.90 Å². The van der Waals surface area contributed by atoms with Gasteiger partial charge in [0.1, 0.15) is 0 Å². The highest BCUT2D eigenvalue weighted by molar-refractivity contribution is 6.00. The summed E-state index contributed by atoms with van der Waals surface area (Å²) in [6.45, 7) is 1.23. The molecule has 6 nitrogen and oxygen atoms in total. The van der Waals surface area contributed by atoms with Crippen LogP contribution >= 0.6 is 0 Å². The molecule has 2 N–H and O–H groups in total. The highest BCUT2D eigenvalue weighted by atomic mass is 16.2. The van der Waals surface area contributed by atoms with Crippen molar-refractivity contribution in [2.75, 3.05) is 14.1 Å². The molecule has 0 aromatic heterocycles. The lowest BCUT2D eigenvalue weighted by Crippen LogP contribution is -2.46. The van der Waals surface area contributed by atoms with Crippen LogP contribution in [0.3, 0.4) is 0 Å². The molecule has 68 valence electrons. The molecular formula is C6H11N3O3. The monoisotopic (exact) mass is 173 g/mol. The van der Waals surface area contributed by atoms with E-state index in [0.29, 0.717) is 0 Å². The van der Waals surface area contributed by atoms with Crippen molar-refractivity contribution in [2.24, 2.45) is 0 Å². The molecule has 0 spiro atoms. The van der Waals surface area contributed by atoms with Gasteiger partial charge in [-0.3, -0.25) is 15.0 Å². The summed E-state index contributed by atoms with van der Waals surface area (Å²) in [6.07, 6.45) is 0. The molecule has 5 amide bonds. The van der Waals surface area contributed by atoms with E-state index >= 15 is 0 Å². The van der Waals surface area contributed by atoms with Crippen molar-refractivity contribution < 1.29 is 14.4 Å². The van der Waals surface area contributed by atoms with E-state index in [4.69, 9.17) is 0 Å². The second-order valence-corrected chi connectivity index (χ2v) is 2.09. The zero-order valence-corrected chi connectivity index (χ0v) is 7.17. The summed E-state index contributed by atoms with van der Waals surface area (Å²) < 4.78 is 0. The van der Waals surface area contributed by atoms with Gasteiger partial charge in [-0.1, -0.05) is 0 Å². The number of hydrogen-bond acceptors (Lipinski definition) is 3. The van der Waals surface area contributed by atoms with Gasteiger partial charge in [0.05, 0.1) is 0 Å². The minimum atomic E-state index is -0.748. The highest BCUT2D eigenvalue weighted by Gasteiger charge is 2.13. The van der Waals surface area contributed by atoms with E-state index in [2.05, 4.69) is 5.32 Å². The van der Waals surface area contributed by atoms with Crippen LogP contribution in [0.5, 0.6) is 0 Å². The normalized spacial score (nSPS) is 8.58. The van der Waals surface area contributed by atoms with E-state index in [1.165, 1.54) is 21.0 Å². The van der Waals surface area contributed by atoms with E-state index in [1.807, 2.05) is 5.32 Å². The lowest BCUT2D eigenvalue weighted by molar-refractivity contribution is -0.124. The van der Waals surface area contributed by atoms with Crippen LogP contribution in [0.2, 0.25) is 0 Å². The molecule has 0 saturated carbocycles. The predicted octanol–water partition coefficient (Wildman–Crippen LogP) is -0.486. The summed E-state index contributed by atoms with van der Waals surface area (Å²) in [5.74, 6) is -0.434. The predicted molar refractivity (Wildman–Crippen MR) is 41.4 cm³/mol. The number of imide groups is 2. The number of carbonyl (C=O) groups is 3. The molecule has 0 rings (SSSR count). The summed E-state index contributed by atoms with van der Waals surface area (Å²) in [6, 6.07) is -1.39. The van der Waals surface area contributed by atoms with Crippen LogP contribution in [0.15, 0.2) is 0 Å². The maximum absolute atomic E-state index is 10.9. The Kier molecular flexibility index (Phi) is 3.75. The van der Waals surface area contributed by atoms with Gasteiger partial charge in [-0.15, -0.1) is 0 Å². The van der Waals surface area contributed by atoms with Crippen molar-refractivity contribution in [3.8, 4) is 0 Å². The van der Waals surface area contributed by atoms with E-state index in [9.17, 15) is 14.4 Å². The fourth-order valence-corrected chi connectivity index (χ4v) is 0.386. The molecule has 0 fully saturated rings. The molecule has 0 radical (unpaired) electrons. The number of hydrogen-bond donors (Lipinski definition) is 2. The Morgan fingerprint density at radius 3 is 2.08 bits per heavy atom. The van der Waals surface area contributed by atoms with Crippen LogP contribution in [-0.2, 0) is 4.79 Å². The van der Waals surface area contributed by atoms with E-state index in [-0.39, 0.29) is 0 Å². The summed E-state index contributed by atoms with van der Waals surface area (Å²) in [5.41, 5.74) is 0. The Bertz CT molecular complexity index is 214. The number of nitrogens with one attached hydrogen (secondary N) is 2. The van der Waals surface area contributed by atoms with E-state index < -0.39 is 18.0 Å².